The van der Waals surface area contributed by atoms with E-state index in [4.69, 9.17) is 9.72 Å². The lowest BCUT2D eigenvalue weighted by Crippen LogP contribution is -2.35. The van der Waals surface area contributed by atoms with Crippen molar-refractivity contribution in [3.63, 3.8) is 0 Å². The number of anilines is 3. The van der Waals surface area contributed by atoms with Crippen molar-refractivity contribution in [1.82, 2.24) is 24.8 Å². The highest BCUT2D eigenvalue weighted by atomic mass is 19.1. The van der Waals surface area contributed by atoms with E-state index in [0.29, 0.717) is 74.2 Å². The van der Waals surface area contributed by atoms with Gasteiger partial charge >= 0.3 is 0 Å². The number of rotatable bonds is 7. The minimum atomic E-state index is -1.06. The fraction of sp³-hybridized carbons (Fsp3) is 0.538. The number of ether oxygens (including phenoxy) is 1. The number of hydrogen-bond donors (Lipinski definition) is 3. The van der Waals surface area contributed by atoms with E-state index in [1.807, 2.05) is 4.57 Å². The standard InChI is InChI=1S/C25H28F3N7O2.CH4/c26-14-9-18(27)21(19(28)10-14)33-25-32-20-11-29-24(31-16-7-8-37-12-16)34-22(20)35(25)17-5-1-13(2-6-17)23(36)30-15-3-4-15;/h9-11,13,15-17H,1-8,12H2,(H,30,36)(H,32,33)(H,29,31,34);1H4/t13?,16-,17?;/m1./s1. The topological polar surface area (TPSA) is 106 Å². The van der Waals surface area contributed by atoms with E-state index in [0.717, 1.165) is 19.3 Å². The van der Waals surface area contributed by atoms with Gasteiger partial charge in [0.2, 0.25) is 17.8 Å². The van der Waals surface area contributed by atoms with E-state index in [-0.39, 0.29) is 37.3 Å². The van der Waals surface area contributed by atoms with Crippen LogP contribution in [0.3, 0.4) is 0 Å². The number of hydrogen-bond acceptors (Lipinski definition) is 7. The zero-order chi connectivity index (χ0) is 25.5. The lowest BCUT2D eigenvalue weighted by molar-refractivity contribution is -0.126. The number of aromatic nitrogens is 4. The van der Waals surface area contributed by atoms with Gasteiger partial charge in [-0.15, -0.1) is 0 Å². The predicted molar refractivity (Wildman–Crippen MR) is 137 cm³/mol. The van der Waals surface area contributed by atoms with Crippen molar-refractivity contribution in [3.05, 3.63) is 35.8 Å². The second-order valence-corrected chi connectivity index (χ2v) is 10.1. The molecule has 6 rings (SSSR count). The summed E-state index contributed by atoms with van der Waals surface area (Å²) in [5.74, 6) is -2.51. The molecule has 3 aromatic rings. The summed E-state index contributed by atoms with van der Waals surface area (Å²) in [5, 5.41) is 9.08. The molecule has 3 N–H and O–H groups in total. The summed E-state index contributed by atoms with van der Waals surface area (Å²) in [7, 11) is 0. The average Bonchev–Trinajstić information content (AvgIpc) is 3.40. The maximum Gasteiger partial charge on any atom is 0.225 e. The monoisotopic (exact) mass is 531 g/mol. The Morgan fingerprint density at radius 1 is 0.974 bits per heavy atom. The molecule has 2 aliphatic carbocycles. The normalized spacial score (nSPS) is 23.2. The van der Waals surface area contributed by atoms with Gasteiger partial charge in [0.1, 0.15) is 17.0 Å². The fourth-order valence-electron chi connectivity index (χ4n) is 5.14. The molecule has 3 heterocycles. The number of fused-ring (bicyclic) bond motifs is 1. The summed E-state index contributed by atoms with van der Waals surface area (Å²) in [6.45, 7) is 1.22. The molecule has 9 nitrogen and oxygen atoms in total. The number of carbonyl (C=O) groups excluding carboxylic acids is 1. The molecular weight excluding hydrogens is 499 g/mol. The van der Waals surface area contributed by atoms with Crippen LogP contribution in [-0.2, 0) is 9.53 Å². The first kappa shape index (κ1) is 26.2. The Bertz CT molecular complexity index is 1290. The number of nitrogens with one attached hydrogen (secondary N) is 3. The lowest BCUT2D eigenvalue weighted by atomic mass is 9.85. The van der Waals surface area contributed by atoms with Gasteiger partial charge in [0.15, 0.2) is 17.3 Å². The maximum atomic E-state index is 14.5. The third-order valence-electron chi connectivity index (χ3n) is 7.30. The van der Waals surface area contributed by atoms with Crippen molar-refractivity contribution in [2.24, 2.45) is 5.92 Å². The van der Waals surface area contributed by atoms with E-state index in [2.05, 4.69) is 25.9 Å². The molecule has 3 fully saturated rings. The van der Waals surface area contributed by atoms with Crippen LogP contribution in [0.5, 0.6) is 0 Å². The van der Waals surface area contributed by atoms with Crippen LogP contribution in [0.25, 0.3) is 11.2 Å². The van der Waals surface area contributed by atoms with E-state index < -0.39 is 23.1 Å². The molecule has 1 aromatic carbocycles. The summed E-state index contributed by atoms with van der Waals surface area (Å²) in [6.07, 6.45) is 7.17. The third kappa shape index (κ3) is 5.40. The molecule has 1 atom stereocenters. The fourth-order valence-corrected chi connectivity index (χ4v) is 5.14. The molecule has 0 spiro atoms. The van der Waals surface area contributed by atoms with Crippen LogP contribution in [0.2, 0.25) is 0 Å². The van der Waals surface area contributed by atoms with Gasteiger partial charge in [0, 0.05) is 36.7 Å². The zero-order valence-corrected chi connectivity index (χ0v) is 20.1. The van der Waals surface area contributed by atoms with Crippen molar-refractivity contribution in [1.29, 1.82) is 0 Å². The van der Waals surface area contributed by atoms with Crippen molar-refractivity contribution in [2.75, 3.05) is 23.8 Å². The van der Waals surface area contributed by atoms with Gasteiger partial charge in [-0.25, -0.2) is 23.1 Å². The van der Waals surface area contributed by atoms with Crippen LogP contribution in [0.4, 0.5) is 30.8 Å². The Morgan fingerprint density at radius 3 is 2.37 bits per heavy atom. The Morgan fingerprint density at radius 2 is 1.71 bits per heavy atom. The molecule has 204 valence electrons. The van der Waals surface area contributed by atoms with Gasteiger partial charge in [0.05, 0.1) is 18.8 Å². The van der Waals surface area contributed by atoms with E-state index in [1.54, 1.807) is 6.20 Å². The molecule has 12 heteroatoms. The summed E-state index contributed by atoms with van der Waals surface area (Å²) in [4.78, 5) is 26.2. The molecule has 3 aliphatic rings. The second-order valence-electron chi connectivity index (χ2n) is 10.1. The molecule has 1 aliphatic heterocycles. The van der Waals surface area contributed by atoms with E-state index in [9.17, 15) is 18.0 Å². The highest BCUT2D eigenvalue weighted by Gasteiger charge is 2.33. The van der Waals surface area contributed by atoms with Gasteiger partial charge in [-0.1, -0.05) is 7.43 Å². The summed E-state index contributed by atoms with van der Waals surface area (Å²) in [6, 6.07) is 1.53. The Labute approximate surface area is 218 Å². The number of imidazole rings is 1. The first-order valence-electron chi connectivity index (χ1n) is 12.8. The number of benzene rings is 1. The van der Waals surface area contributed by atoms with Crippen LogP contribution < -0.4 is 16.0 Å². The lowest BCUT2D eigenvalue weighted by Gasteiger charge is -2.30. The molecular formula is C26H32F3N7O2. The highest BCUT2D eigenvalue weighted by molar-refractivity contribution is 5.79. The van der Waals surface area contributed by atoms with E-state index >= 15 is 0 Å². The summed E-state index contributed by atoms with van der Waals surface area (Å²) >= 11 is 0. The van der Waals surface area contributed by atoms with Crippen LogP contribution in [0.1, 0.15) is 58.4 Å². The molecule has 0 radical (unpaired) electrons. The van der Waals surface area contributed by atoms with Crippen LogP contribution in [0, 0.1) is 23.4 Å². The van der Waals surface area contributed by atoms with Gasteiger partial charge in [0.25, 0.3) is 0 Å². The molecule has 0 unspecified atom stereocenters. The van der Waals surface area contributed by atoms with Crippen LogP contribution >= 0.6 is 0 Å². The Balaban J connectivity index is 0.00000294. The van der Waals surface area contributed by atoms with Crippen molar-refractivity contribution < 1.29 is 22.7 Å². The van der Waals surface area contributed by atoms with Crippen molar-refractivity contribution in [2.45, 2.75) is 70.5 Å². The zero-order valence-electron chi connectivity index (χ0n) is 20.1. The molecule has 38 heavy (non-hydrogen) atoms. The maximum absolute atomic E-state index is 14.5. The largest absolute Gasteiger partial charge is 0.379 e. The van der Waals surface area contributed by atoms with Crippen molar-refractivity contribution >= 4 is 34.7 Å². The number of nitrogens with zero attached hydrogens (tertiary/aromatic N) is 4. The number of halogens is 3. The summed E-state index contributed by atoms with van der Waals surface area (Å²) in [5.41, 5.74) is 0.463. The first-order chi connectivity index (χ1) is 17.9. The van der Waals surface area contributed by atoms with Gasteiger partial charge in [-0.05, 0) is 44.9 Å². The Hall–Kier alpha value is -3.41. The quantitative estimate of drug-likeness (QED) is 0.401. The number of amides is 1. The van der Waals surface area contributed by atoms with E-state index in [1.165, 1.54) is 0 Å². The van der Waals surface area contributed by atoms with Crippen molar-refractivity contribution in [3.8, 4) is 0 Å². The highest BCUT2D eigenvalue weighted by Crippen LogP contribution is 2.38. The molecule has 1 saturated heterocycles. The van der Waals surface area contributed by atoms with Gasteiger partial charge in [-0.2, -0.15) is 4.98 Å². The second kappa shape index (κ2) is 10.8. The Kier molecular flexibility index (Phi) is 7.42. The van der Waals surface area contributed by atoms with Gasteiger partial charge in [-0.3, -0.25) is 9.36 Å². The molecule has 0 bridgehead atoms. The molecule has 2 aromatic heterocycles. The van der Waals surface area contributed by atoms with Crippen LogP contribution in [-0.4, -0.2) is 50.7 Å². The molecule has 2 saturated carbocycles. The minimum Gasteiger partial charge on any atom is -0.379 e. The van der Waals surface area contributed by atoms with Gasteiger partial charge < -0.3 is 20.7 Å². The number of carbonyl (C=O) groups is 1. The summed E-state index contributed by atoms with van der Waals surface area (Å²) < 4.78 is 49.7. The van der Waals surface area contributed by atoms with Crippen LogP contribution in [0.15, 0.2) is 18.3 Å². The minimum absolute atomic E-state index is 0. The SMILES string of the molecule is C.O=C(NC1CC1)C1CCC(n2c(Nc3c(F)cc(F)cc3F)nc3cnc(N[C@@H]4CCOC4)nc32)CC1. The molecule has 1 amide bonds. The third-order valence-corrected chi connectivity index (χ3v) is 7.30. The first-order valence-corrected chi connectivity index (χ1v) is 12.8. The smallest absolute Gasteiger partial charge is 0.225 e. The average molecular weight is 532 g/mol. The predicted octanol–water partition coefficient (Wildman–Crippen LogP) is 4.83.